The summed E-state index contributed by atoms with van der Waals surface area (Å²) >= 11 is 0. The van der Waals surface area contributed by atoms with Crippen LogP contribution in [0, 0.1) is 0 Å². The van der Waals surface area contributed by atoms with E-state index in [4.69, 9.17) is 9.15 Å². The number of benzene rings is 1. The zero-order valence-corrected chi connectivity index (χ0v) is 16.9. The summed E-state index contributed by atoms with van der Waals surface area (Å²) in [6.07, 6.45) is 0.318. The van der Waals surface area contributed by atoms with Gasteiger partial charge in [0.1, 0.15) is 5.76 Å². The number of ketones is 1. The molecule has 1 fully saturated rings. The van der Waals surface area contributed by atoms with Crippen molar-refractivity contribution >= 4 is 27.5 Å². The minimum Gasteiger partial charge on any atom is -0.450 e. The zero-order chi connectivity index (χ0) is 21.2. The molecule has 29 heavy (non-hydrogen) atoms. The molecule has 1 aromatic heterocycles. The molecule has 0 bridgehead atoms. The summed E-state index contributed by atoms with van der Waals surface area (Å²) in [5.74, 6) is -1.21. The molecule has 2 aromatic rings. The number of Topliss-reactive ketones (excluding diaryl/α,β-unsaturated/α-hetero) is 1. The van der Waals surface area contributed by atoms with Crippen LogP contribution in [0.1, 0.15) is 41.2 Å². The maximum Gasteiger partial charge on any atom is 0.374 e. The number of ether oxygens (including phenoxy) is 1. The number of carbonyl (C=O) groups is 3. The average Bonchev–Trinajstić information content (AvgIpc) is 3.24. The highest BCUT2D eigenvalue weighted by Gasteiger charge is 2.39. The minimum atomic E-state index is -3.16. The van der Waals surface area contributed by atoms with Gasteiger partial charge in [0.05, 0.1) is 17.0 Å². The fourth-order valence-electron chi connectivity index (χ4n) is 3.16. The first kappa shape index (κ1) is 20.8. The number of sulfone groups is 1. The van der Waals surface area contributed by atoms with Gasteiger partial charge in [0.15, 0.2) is 22.2 Å². The standard InChI is InChI=1S/C20H21NO7S/c1-13(22)14-3-5-15(6-4-14)16-7-8-17(28-16)19(24)27-11-18(23)21-20(2)9-10-29(25,26)12-20/h3-8H,9-12H2,1-2H3,(H,21,23)/t20-/m1/s1. The van der Waals surface area contributed by atoms with Crippen molar-refractivity contribution in [2.45, 2.75) is 25.8 Å². The van der Waals surface area contributed by atoms with Gasteiger partial charge in [0, 0.05) is 11.1 Å². The molecular weight excluding hydrogens is 398 g/mol. The normalized spacial score (nSPS) is 20.2. The fraction of sp³-hybridized carbons (Fsp3) is 0.350. The molecule has 2 heterocycles. The monoisotopic (exact) mass is 419 g/mol. The Balaban J connectivity index is 1.56. The zero-order valence-electron chi connectivity index (χ0n) is 16.1. The van der Waals surface area contributed by atoms with Gasteiger partial charge < -0.3 is 14.5 Å². The van der Waals surface area contributed by atoms with Crippen LogP contribution in [0.15, 0.2) is 40.8 Å². The lowest BCUT2D eigenvalue weighted by molar-refractivity contribution is -0.125. The minimum absolute atomic E-state index is 0.0200. The molecule has 1 amide bonds. The van der Waals surface area contributed by atoms with Gasteiger partial charge in [0.2, 0.25) is 5.76 Å². The van der Waals surface area contributed by atoms with Gasteiger partial charge in [-0.3, -0.25) is 9.59 Å². The number of amides is 1. The number of esters is 1. The second-order valence-electron chi connectivity index (χ2n) is 7.32. The highest BCUT2D eigenvalue weighted by Crippen LogP contribution is 2.24. The van der Waals surface area contributed by atoms with Gasteiger partial charge in [0.25, 0.3) is 5.91 Å². The molecule has 1 aliphatic rings. The fourth-order valence-corrected chi connectivity index (χ4v) is 5.25. The van der Waals surface area contributed by atoms with E-state index in [9.17, 15) is 22.8 Å². The molecule has 0 radical (unpaired) electrons. The second kappa shape index (κ2) is 7.82. The molecule has 8 nitrogen and oxygen atoms in total. The van der Waals surface area contributed by atoms with Crippen LogP contribution in [0.3, 0.4) is 0 Å². The molecule has 1 aromatic carbocycles. The van der Waals surface area contributed by atoms with Crippen molar-refractivity contribution < 1.29 is 32.0 Å². The van der Waals surface area contributed by atoms with Crippen molar-refractivity contribution in [1.82, 2.24) is 5.32 Å². The van der Waals surface area contributed by atoms with Gasteiger partial charge in [-0.25, -0.2) is 13.2 Å². The number of hydrogen-bond acceptors (Lipinski definition) is 7. The first-order valence-corrected chi connectivity index (χ1v) is 10.8. The van der Waals surface area contributed by atoms with Crippen LogP contribution in [-0.4, -0.2) is 49.7 Å². The summed E-state index contributed by atoms with van der Waals surface area (Å²) in [4.78, 5) is 35.5. The highest BCUT2D eigenvalue weighted by atomic mass is 32.2. The molecule has 1 atom stereocenters. The summed E-state index contributed by atoms with van der Waals surface area (Å²) in [5.41, 5.74) is 0.392. The summed E-state index contributed by atoms with van der Waals surface area (Å²) in [6.45, 7) is 2.57. The Morgan fingerprint density at radius 3 is 2.41 bits per heavy atom. The van der Waals surface area contributed by atoms with E-state index in [0.717, 1.165) is 0 Å². The van der Waals surface area contributed by atoms with Crippen LogP contribution < -0.4 is 5.32 Å². The summed E-state index contributed by atoms with van der Waals surface area (Å²) < 4.78 is 33.6. The Labute approximate surface area is 168 Å². The van der Waals surface area contributed by atoms with Gasteiger partial charge in [-0.1, -0.05) is 24.3 Å². The molecule has 0 aliphatic carbocycles. The van der Waals surface area contributed by atoms with E-state index < -0.39 is 33.9 Å². The lowest BCUT2D eigenvalue weighted by Crippen LogP contribution is -2.48. The van der Waals surface area contributed by atoms with Crippen LogP contribution in [0.4, 0.5) is 0 Å². The van der Waals surface area contributed by atoms with E-state index in [-0.39, 0.29) is 23.0 Å². The number of hydrogen-bond donors (Lipinski definition) is 1. The Morgan fingerprint density at radius 1 is 1.14 bits per heavy atom. The SMILES string of the molecule is CC(=O)c1ccc(-c2ccc(C(=O)OCC(=O)N[C@]3(C)CCS(=O)(=O)C3)o2)cc1. The summed E-state index contributed by atoms with van der Waals surface area (Å²) in [5, 5.41) is 2.61. The van der Waals surface area contributed by atoms with Crippen molar-refractivity contribution in [3.63, 3.8) is 0 Å². The Morgan fingerprint density at radius 2 is 1.83 bits per heavy atom. The van der Waals surface area contributed by atoms with Crippen molar-refractivity contribution in [1.29, 1.82) is 0 Å². The van der Waals surface area contributed by atoms with E-state index in [0.29, 0.717) is 23.3 Å². The molecule has 1 saturated heterocycles. The third-order valence-corrected chi connectivity index (χ3v) is 6.57. The maximum absolute atomic E-state index is 12.1. The number of furan rings is 1. The summed E-state index contributed by atoms with van der Waals surface area (Å²) in [6, 6.07) is 9.74. The highest BCUT2D eigenvalue weighted by molar-refractivity contribution is 7.91. The predicted molar refractivity (Wildman–Crippen MR) is 104 cm³/mol. The van der Waals surface area contributed by atoms with E-state index in [2.05, 4.69) is 5.32 Å². The lowest BCUT2D eigenvalue weighted by atomic mass is 10.0. The van der Waals surface area contributed by atoms with E-state index in [1.165, 1.54) is 13.0 Å². The van der Waals surface area contributed by atoms with Crippen LogP contribution in [0.5, 0.6) is 0 Å². The second-order valence-corrected chi connectivity index (χ2v) is 9.51. The van der Waals surface area contributed by atoms with E-state index >= 15 is 0 Å². The van der Waals surface area contributed by atoms with Crippen molar-refractivity contribution in [3.8, 4) is 11.3 Å². The molecular formula is C20H21NO7S. The third kappa shape index (κ3) is 5.11. The molecule has 154 valence electrons. The Hall–Kier alpha value is -2.94. The molecule has 0 unspecified atom stereocenters. The Bertz CT molecular complexity index is 1050. The number of carbonyl (C=O) groups excluding carboxylic acids is 3. The smallest absolute Gasteiger partial charge is 0.374 e. The van der Waals surface area contributed by atoms with Crippen molar-refractivity contribution in [2.24, 2.45) is 0 Å². The number of rotatable bonds is 6. The maximum atomic E-state index is 12.1. The molecule has 9 heteroatoms. The number of nitrogens with one attached hydrogen (secondary N) is 1. The first-order chi connectivity index (χ1) is 13.6. The molecule has 1 N–H and O–H groups in total. The van der Waals surface area contributed by atoms with Gasteiger partial charge in [-0.2, -0.15) is 0 Å². The van der Waals surface area contributed by atoms with Crippen LogP contribution in [0.2, 0.25) is 0 Å². The van der Waals surface area contributed by atoms with Crippen molar-refractivity contribution in [3.05, 3.63) is 47.7 Å². The predicted octanol–water partition coefficient (Wildman–Crippen LogP) is 2.00. The van der Waals surface area contributed by atoms with E-state index in [1.807, 2.05) is 0 Å². The van der Waals surface area contributed by atoms with Gasteiger partial charge >= 0.3 is 5.97 Å². The van der Waals surface area contributed by atoms with Crippen molar-refractivity contribution in [2.75, 3.05) is 18.1 Å². The van der Waals surface area contributed by atoms with Crippen LogP contribution in [-0.2, 0) is 19.4 Å². The van der Waals surface area contributed by atoms with E-state index in [1.54, 1.807) is 37.3 Å². The van der Waals surface area contributed by atoms with Crippen LogP contribution >= 0.6 is 0 Å². The topological polar surface area (TPSA) is 120 Å². The Kier molecular flexibility index (Phi) is 5.61. The van der Waals surface area contributed by atoms with Gasteiger partial charge in [-0.15, -0.1) is 0 Å². The summed E-state index contributed by atoms with van der Waals surface area (Å²) in [7, 11) is -3.16. The molecule has 0 spiro atoms. The largest absolute Gasteiger partial charge is 0.450 e. The molecule has 1 aliphatic heterocycles. The molecule has 3 rings (SSSR count). The third-order valence-electron chi connectivity index (χ3n) is 4.66. The lowest BCUT2D eigenvalue weighted by Gasteiger charge is -2.23. The first-order valence-electron chi connectivity index (χ1n) is 8.97. The molecule has 0 saturated carbocycles. The van der Waals surface area contributed by atoms with Gasteiger partial charge in [-0.05, 0) is 32.4 Å². The average molecular weight is 419 g/mol. The van der Waals surface area contributed by atoms with Crippen LogP contribution in [0.25, 0.3) is 11.3 Å². The quantitative estimate of drug-likeness (QED) is 0.562.